The molecule has 0 amide bonds. The molecule has 2 aromatic carbocycles. The van der Waals surface area contributed by atoms with Gasteiger partial charge in [0.15, 0.2) is 0 Å². The third kappa shape index (κ3) is 3.61. The molecular weight excluding hydrogens is 426 g/mol. The molecule has 0 aliphatic heterocycles. The Morgan fingerprint density at radius 1 is 1.18 bits per heavy atom. The third-order valence-electron chi connectivity index (χ3n) is 4.21. The van der Waals surface area contributed by atoms with Crippen LogP contribution < -0.4 is 15.6 Å². The second-order valence-corrected chi connectivity index (χ2v) is 6.98. The Bertz CT molecular complexity index is 1200. The molecule has 0 atom stereocenters. The van der Waals surface area contributed by atoms with Crippen LogP contribution in [-0.4, -0.2) is 26.9 Å². The number of nitrogens with zero attached hydrogens (tertiary/aromatic N) is 4. The van der Waals surface area contributed by atoms with E-state index in [1.54, 1.807) is 20.1 Å². The van der Waals surface area contributed by atoms with Gasteiger partial charge >= 0.3 is 6.01 Å². The van der Waals surface area contributed by atoms with Gasteiger partial charge in [0.05, 0.1) is 18.0 Å². The van der Waals surface area contributed by atoms with Crippen LogP contribution >= 0.6 is 15.9 Å². The van der Waals surface area contributed by atoms with Crippen LogP contribution in [0.1, 0.15) is 11.7 Å². The lowest BCUT2D eigenvalue weighted by Crippen LogP contribution is -2.24. The predicted molar refractivity (Wildman–Crippen MR) is 108 cm³/mol. The molecule has 4 aromatic rings. The molecule has 0 bridgehead atoms. The van der Waals surface area contributed by atoms with Crippen LogP contribution in [0.3, 0.4) is 0 Å². The summed E-state index contributed by atoms with van der Waals surface area (Å²) in [5.41, 5.74) is 1.27. The number of aromatic nitrogens is 4. The Balaban J connectivity index is 1.59. The molecule has 0 unspecified atom stereocenters. The van der Waals surface area contributed by atoms with Crippen molar-refractivity contribution in [3.05, 3.63) is 69.0 Å². The van der Waals surface area contributed by atoms with E-state index in [4.69, 9.17) is 9.15 Å². The monoisotopic (exact) mass is 441 g/mol. The lowest BCUT2D eigenvalue weighted by molar-refractivity contribution is 0.415. The number of halogens is 1. The predicted octanol–water partition coefficient (Wildman–Crippen LogP) is 3.65. The van der Waals surface area contributed by atoms with Crippen LogP contribution in [0.25, 0.3) is 10.9 Å². The molecule has 2 aromatic heterocycles. The van der Waals surface area contributed by atoms with Crippen molar-refractivity contribution >= 4 is 38.5 Å². The van der Waals surface area contributed by atoms with Gasteiger partial charge in [-0.2, -0.15) is 0 Å². The minimum Gasteiger partial charge on any atom is -0.497 e. The molecule has 0 spiro atoms. The summed E-state index contributed by atoms with van der Waals surface area (Å²) in [5.74, 6) is 1.63. The average molecular weight is 442 g/mol. The summed E-state index contributed by atoms with van der Waals surface area (Å²) in [7, 11) is 1.61. The fourth-order valence-corrected chi connectivity index (χ4v) is 3.15. The highest BCUT2D eigenvalue weighted by Gasteiger charge is 2.13. The third-order valence-corrected chi connectivity index (χ3v) is 4.70. The number of hydrogen-bond donors (Lipinski definition) is 1. The second kappa shape index (κ2) is 7.43. The molecule has 28 heavy (non-hydrogen) atoms. The summed E-state index contributed by atoms with van der Waals surface area (Å²) in [6, 6.07) is 13.0. The van der Waals surface area contributed by atoms with Crippen molar-refractivity contribution in [2.75, 3.05) is 12.4 Å². The number of anilines is 2. The second-order valence-electron chi connectivity index (χ2n) is 6.07. The van der Waals surface area contributed by atoms with E-state index in [1.807, 2.05) is 36.4 Å². The lowest BCUT2D eigenvalue weighted by atomic mass is 10.2. The zero-order chi connectivity index (χ0) is 19.7. The maximum atomic E-state index is 12.8. The number of rotatable bonds is 5. The Morgan fingerprint density at radius 2 is 1.96 bits per heavy atom. The smallest absolute Gasteiger partial charge is 0.320 e. The molecule has 0 saturated carbocycles. The number of methoxy groups -OCH3 is 1. The molecule has 142 valence electrons. The Hall–Kier alpha value is -3.20. The van der Waals surface area contributed by atoms with E-state index < -0.39 is 0 Å². The molecule has 0 saturated heterocycles. The highest BCUT2D eigenvalue weighted by atomic mass is 79.9. The largest absolute Gasteiger partial charge is 0.497 e. The fourth-order valence-electron chi connectivity index (χ4n) is 2.79. The van der Waals surface area contributed by atoms with Crippen molar-refractivity contribution in [1.29, 1.82) is 0 Å². The SMILES string of the molecule is COc1ccc(Nc2nnc(Cn3c(C)nc4ccc(Br)cc4c3=O)o2)cc1. The Labute approximate surface area is 168 Å². The van der Waals surface area contributed by atoms with Crippen molar-refractivity contribution in [2.24, 2.45) is 0 Å². The number of nitrogens with one attached hydrogen (secondary N) is 1. The quantitative estimate of drug-likeness (QED) is 0.504. The molecule has 8 nitrogen and oxygen atoms in total. The Kier molecular flexibility index (Phi) is 4.82. The van der Waals surface area contributed by atoms with E-state index in [0.717, 1.165) is 15.9 Å². The maximum absolute atomic E-state index is 12.8. The number of fused-ring (bicyclic) bond motifs is 1. The van der Waals surface area contributed by atoms with E-state index in [0.29, 0.717) is 22.6 Å². The summed E-state index contributed by atoms with van der Waals surface area (Å²) in [6.07, 6.45) is 0. The summed E-state index contributed by atoms with van der Waals surface area (Å²) < 4.78 is 13.1. The summed E-state index contributed by atoms with van der Waals surface area (Å²) in [4.78, 5) is 17.3. The minimum atomic E-state index is -0.160. The van der Waals surface area contributed by atoms with Gasteiger partial charge in [-0.15, -0.1) is 5.10 Å². The molecule has 4 rings (SSSR count). The first kappa shape index (κ1) is 18.2. The van der Waals surface area contributed by atoms with E-state index >= 15 is 0 Å². The molecule has 0 radical (unpaired) electrons. The van der Waals surface area contributed by atoms with Crippen LogP contribution in [0.2, 0.25) is 0 Å². The van der Waals surface area contributed by atoms with E-state index in [1.165, 1.54) is 4.57 Å². The average Bonchev–Trinajstić information content (AvgIpc) is 3.13. The van der Waals surface area contributed by atoms with Crippen molar-refractivity contribution < 1.29 is 9.15 Å². The minimum absolute atomic E-state index is 0.136. The topological polar surface area (TPSA) is 95.1 Å². The molecular formula is C19H16BrN5O3. The van der Waals surface area contributed by atoms with Gasteiger partial charge in [-0.1, -0.05) is 21.0 Å². The normalized spacial score (nSPS) is 11.0. The summed E-state index contributed by atoms with van der Waals surface area (Å²) in [6.45, 7) is 1.91. The molecule has 0 aliphatic rings. The van der Waals surface area contributed by atoms with Gasteiger partial charge in [0.1, 0.15) is 18.1 Å². The number of benzene rings is 2. The van der Waals surface area contributed by atoms with Crippen molar-refractivity contribution in [2.45, 2.75) is 13.5 Å². The number of hydrogen-bond acceptors (Lipinski definition) is 7. The van der Waals surface area contributed by atoms with E-state index in [-0.39, 0.29) is 18.1 Å². The van der Waals surface area contributed by atoms with Gasteiger partial charge < -0.3 is 14.5 Å². The van der Waals surface area contributed by atoms with E-state index in [9.17, 15) is 4.79 Å². The molecule has 0 aliphatic carbocycles. The molecule has 0 fully saturated rings. The molecule has 1 N–H and O–H groups in total. The summed E-state index contributed by atoms with van der Waals surface area (Å²) >= 11 is 3.39. The summed E-state index contributed by atoms with van der Waals surface area (Å²) in [5, 5.41) is 11.6. The van der Waals surface area contributed by atoms with Gasteiger partial charge in [0.25, 0.3) is 5.56 Å². The zero-order valence-corrected chi connectivity index (χ0v) is 16.7. The highest BCUT2D eigenvalue weighted by Crippen LogP contribution is 2.20. The Morgan fingerprint density at radius 3 is 2.71 bits per heavy atom. The van der Waals surface area contributed by atoms with Crippen LogP contribution in [0.15, 0.2) is 56.1 Å². The van der Waals surface area contributed by atoms with Crippen molar-refractivity contribution in [1.82, 2.24) is 19.7 Å². The van der Waals surface area contributed by atoms with Gasteiger partial charge in [-0.3, -0.25) is 9.36 Å². The van der Waals surface area contributed by atoms with E-state index in [2.05, 4.69) is 36.4 Å². The molecule has 9 heteroatoms. The number of ether oxygens (including phenoxy) is 1. The number of aryl methyl sites for hydroxylation is 1. The van der Waals surface area contributed by atoms with Crippen LogP contribution in [-0.2, 0) is 6.54 Å². The van der Waals surface area contributed by atoms with Crippen LogP contribution in [0.5, 0.6) is 5.75 Å². The van der Waals surface area contributed by atoms with Gasteiger partial charge in [-0.05, 0) is 49.4 Å². The zero-order valence-electron chi connectivity index (χ0n) is 15.1. The lowest BCUT2D eigenvalue weighted by Gasteiger charge is -2.08. The maximum Gasteiger partial charge on any atom is 0.320 e. The van der Waals surface area contributed by atoms with Crippen molar-refractivity contribution in [3.8, 4) is 5.75 Å². The van der Waals surface area contributed by atoms with Crippen LogP contribution in [0, 0.1) is 6.92 Å². The standard InChI is InChI=1S/C19H16BrN5O3/c1-11-21-16-8-3-12(20)9-15(16)18(26)25(11)10-17-23-24-19(28-17)22-13-4-6-14(27-2)7-5-13/h3-9H,10H2,1-2H3,(H,22,24). The van der Waals surface area contributed by atoms with Gasteiger partial charge in [0.2, 0.25) is 5.89 Å². The highest BCUT2D eigenvalue weighted by molar-refractivity contribution is 9.10. The van der Waals surface area contributed by atoms with Gasteiger partial charge in [0, 0.05) is 10.2 Å². The van der Waals surface area contributed by atoms with Crippen molar-refractivity contribution in [3.63, 3.8) is 0 Å². The fraction of sp³-hybridized carbons (Fsp3) is 0.158. The first-order valence-electron chi connectivity index (χ1n) is 8.43. The van der Waals surface area contributed by atoms with Gasteiger partial charge in [-0.25, -0.2) is 4.98 Å². The molecule has 2 heterocycles. The first-order valence-corrected chi connectivity index (χ1v) is 9.23. The first-order chi connectivity index (χ1) is 13.5. The van der Waals surface area contributed by atoms with Crippen LogP contribution in [0.4, 0.5) is 11.7 Å².